The third-order valence-corrected chi connectivity index (χ3v) is 3.42. The molecule has 108 valence electrons. The lowest BCUT2D eigenvalue weighted by atomic mass is 10.0. The minimum absolute atomic E-state index is 0.00977. The van der Waals surface area contributed by atoms with Crippen molar-refractivity contribution in [3.05, 3.63) is 35.4 Å². The van der Waals surface area contributed by atoms with Gasteiger partial charge in [-0.3, -0.25) is 4.90 Å². The highest BCUT2D eigenvalue weighted by Gasteiger charge is 2.17. The van der Waals surface area contributed by atoms with E-state index in [1.165, 1.54) is 18.9 Å². The molecule has 0 amide bonds. The molecule has 19 heavy (non-hydrogen) atoms. The van der Waals surface area contributed by atoms with Crippen molar-refractivity contribution in [2.45, 2.75) is 38.7 Å². The molecule has 0 radical (unpaired) electrons. The number of rotatable bonds is 8. The number of unbranched alkanes of at least 4 members (excludes halogenated alkanes) is 2. The van der Waals surface area contributed by atoms with Gasteiger partial charge in [0, 0.05) is 18.2 Å². The van der Waals surface area contributed by atoms with Crippen molar-refractivity contribution in [3.63, 3.8) is 0 Å². The zero-order valence-electron chi connectivity index (χ0n) is 11.8. The predicted octanol–water partition coefficient (Wildman–Crippen LogP) is 3.75. The van der Waals surface area contributed by atoms with Crippen molar-refractivity contribution in [1.82, 2.24) is 4.90 Å². The summed E-state index contributed by atoms with van der Waals surface area (Å²) in [5.41, 5.74) is 6.75. The topological polar surface area (TPSA) is 29.3 Å². The molecule has 2 N–H and O–H groups in total. The zero-order valence-corrected chi connectivity index (χ0v) is 11.8. The highest BCUT2D eigenvalue weighted by atomic mass is 19.3. The summed E-state index contributed by atoms with van der Waals surface area (Å²) in [5.74, 6) is 0. The number of nitrogens with two attached hydrogens (primary N) is 1. The van der Waals surface area contributed by atoms with Gasteiger partial charge in [0.2, 0.25) is 0 Å². The highest BCUT2D eigenvalue weighted by molar-refractivity contribution is 5.27. The first-order valence-electron chi connectivity index (χ1n) is 6.88. The predicted molar refractivity (Wildman–Crippen MR) is 75.3 cm³/mol. The first-order chi connectivity index (χ1) is 9.10. The smallest absolute Gasteiger partial charge is 0.263 e. The van der Waals surface area contributed by atoms with Gasteiger partial charge in [-0.15, -0.1) is 0 Å². The number of alkyl halides is 2. The lowest BCUT2D eigenvalue weighted by Crippen LogP contribution is -2.31. The number of halogens is 2. The van der Waals surface area contributed by atoms with Crippen LogP contribution in [-0.4, -0.2) is 25.0 Å². The fourth-order valence-electron chi connectivity index (χ4n) is 2.24. The van der Waals surface area contributed by atoms with Crippen molar-refractivity contribution in [1.29, 1.82) is 0 Å². The number of likely N-dealkylation sites (N-methyl/N-ethyl adjacent to an activating group) is 1. The zero-order chi connectivity index (χ0) is 14.3. The summed E-state index contributed by atoms with van der Waals surface area (Å²) in [6, 6.07) is 6.59. The third-order valence-electron chi connectivity index (χ3n) is 3.42. The molecule has 0 saturated carbocycles. The summed E-state index contributed by atoms with van der Waals surface area (Å²) < 4.78 is 25.4. The minimum Gasteiger partial charge on any atom is -0.329 e. The van der Waals surface area contributed by atoms with E-state index in [0.29, 0.717) is 6.54 Å². The molecule has 4 heteroatoms. The molecule has 1 atom stereocenters. The number of benzene rings is 1. The second kappa shape index (κ2) is 8.23. The van der Waals surface area contributed by atoms with Crippen LogP contribution in [0.15, 0.2) is 24.3 Å². The van der Waals surface area contributed by atoms with Crippen molar-refractivity contribution in [2.24, 2.45) is 5.73 Å². The Morgan fingerprint density at radius 3 is 2.47 bits per heavy atom. The van der Waals surface area contributed by atoms with E-state index < -0.39 is 6.43 Å². The Balaban J connectivity index is 2.75. The molecule has 0 bridgehead atoms. The summed E-state index contributed by atoms with van der Waals surface area (Å²) in [7, 11) is 2.00. The molecule has 0 fully saturated rings. The summed E-state index contributed by atoms with van der Waals surface area (Å²) >= 11 is 0. The van der Waals surface area contributed by atoms with Crippen LogP contribution in [0.2, 0.25) is 0 Å². The fraction of sp³-hybridized carbons (Fsp3) is 0.600. The minimum atomic E-state index is -2.43. The van der Waals surface area contributed by atoms with E-state index in [0.717, 1.165) is 18.5 Å². The molecule has 1 aromatic carbocycles. The first-order valence-corrected chi connectivity index (χ1v) is 6.88. The van der Waals surface area contributed by atoms with Crippen molar-refractivity contribution >= 4 is 0 Å². The van der Waals surface area contributed by atoms with Crippen LogP contribution in [0.25, 0.3) is 0 Å². The Labute approximate surface area is 114 Å². The summed E-state index contributed by atoms with van der Waals surface area (Å²) in [6.45, 7) is 3.54. The maximum atomic E-state index is 12.7. The molecule has 0 aliphatic rings. The van der Waals surface area contributed by atoms with Gasteiger partial charge in [-0.25, -0.2) is 8.78 Å². The average Bonchev–Trinajstić information content (AvgIpc) is 2.40. The fourth-order valence-corrected chi connectivity index (χ4v) is 2.24. The summed E-state index contributed by atoms with van der Waals surface area (Å²) in [5, 5.41) is 0. The lowest BCUT2D eigenvalue weighted by Gasteiger charge is -2.27. The van der Waals surface area contributed by atoms with Crippen molar-refractivity contribution in [3.8, 4) is 0 Å². The van der Waals surface area contributed by atoms with Crippen LogP contribution in [0.4, 0.5) is 8.78 Å². The van der Waals surface area contributed by atoms with Gasteiger partial charge in [-0.2, -0.15) is 0 Å². The van der Waals surface area contributed by atoms with Crippen LogP contribution in [0, 0.1) is 0 Å². The molecule has 2 nitrogen and oxygen atoms in total. The summed E-state index contributed by atoms with van der Waals surface area (Å²) in [4.78, 5) is 2.15. The van der Waals surface area contributed by atoms with E-state index in [1.807, 2.05) is 13.1 Å². The molecule has 1 aromatic rings. The molecule has 1 unspecified atom stereocenters. The normalized spacial score (nSPS) is 13.2. The lowest BCUT2D eigenvalue weighted by molar-refractivity contribution is 0.151. The van der Waals surface area contributed by atoms with E-state index in [1.54, 1.807) is 12.1 Å². The molecular weight excluding hydrogens is 246 g/mol. The SMILES string of the molecule is CCCCCN(C)C(CN)c1cccc(C(F)F)c1. The van der Waals surface area contributed by atoms with Gasteiger partial charge in [0.15, 0.2) is 0 Å². The van der Waals surface area contributed by atoms with Gasteiger partial charge in [0.05, 0.1) is 0 Å². The highest BCUT2D eigenvalue weighted by Crippen LogP contribution is 2.25. The van der Waals surface area contributed by atoms with Gasteiger partial charge in [0.1, 0.15) is 0 Å². The molecule has 0 heterocycles. The number of hydrogen-bond donors (Lipinski definition) is 1. The van der Waals surface area contributed by atoms with Crippen LogP contribution in [0.3, 0.4) is 0 Å². The van der Waals surface area contributed by atoms with Crippen LogP contribution in [-0.2, 0) is 0 Å². The molecule has 0 spiro atoms. The maximum absolute atomic E-state index is 12.7. The Morgan fingerprint density at radius 2 is 1.89 bits per heavy atom. The van der Waals surface area contributed by atoms with E-state index in [9.17, 15) is 8.78 Å². The van der Waals surface area contributed by atoms with Gasteiger partial charge in [0.25, 0.3) is 6.43 Å². The summed E-state index contributed by atoms with van der Waals surface area (Å²) in [6.07, 6.45) is 1.03. The monoisotopic (exact) mass is 270 g/mol. The second-order valence-electron chi connectivity index (χ2n) is 4.91. The largest absolute Gasteiger partial charge is 0.329 e. The van der Waals surface area contributed by atoms with E-state index >= 15 is 0 Å². The van der Waals surface area contributed by atoms with E-state index in [4.69, 9.17) is 5.73 Å². The molecule has 0 aromatic heterocycles. The van der Waals surface area contributed by atoms with Crippen LogP contribution >= 0.6 is 0 Å². The Hall–Kier alpha value is -1.00. The van der Waals surface area contributed by atoms with Crippen LogP contribution in [0.5, 0.6) is 0 Å². The van der Waals surface area contributed by atoms with Crippen LogP contribution < -0.4 is 5.73 Å². The van der Waals surface area contributed by atoms with Gasteiger partial charge >= 0.3 is 0 Å². The number of nitrogens with zero attached hydrogens (tertiary/aromatic N) is 1. The maximum Gasteiger partial charge on any atom is 0.263 e. The van der Waals surface area contributed by atoms with Gasteiger partial charge < -0.3 is 5.73 Å². The average molecular weight is 270 g/mol. The molecule has 0 aliphatic carbocycles. The molecule has 0 saturated heterocycles. The molecule has 1 rings (SSSR count). The number of hydrogen-bond acceptors (Lipinski definition) is 2. The Kier molecular flexibility index (Phi) is 6.95. The second-order valence-corrected chi connectivity index (χ2v) is 4.91. The van der Waals surface area contributed by atoms with E-state index in [2.05, 4.69) is 11.8 Å². The molecule has 0 aliphatic heterocycles. The standard InChI is InChI=1S/C15H24F2N2/c1-3-4-5-9-19(2)14(11-18)12-7-6-8-13(10-12)15(16)17/h6-8,10,14-15H,3-5,9,11,18H2,1-2H3. The Morgan fingerprint density at radius 1 is 1.21 bits per heavy atom. The van der Waals surface area contributed by atoms with Crippen molar-refractivity contribution in [2.75, 3.05) is 20.1 Å². The molecular formula is C15H24F2N2. The van der Waals surface area contributed by atoms with Gasteiger partial charge in [-0.1, -0.05) is 38.0 Å². The van der Waals surface area contributed by atoms with E-state index in [-0.39, 0.29) is 11.6 Å². The van der Waals surface area contributed by atoms with Crippen molar-refractivity contribution < 1.29 is 8.78 Å². The quantitative estimate of drug-likeness (QED) is 0.729. The first kappa shape index (κ1) is 16.1. The van der Waals surface area contributed by atoms with Gasteiger partial charge in [-0.05, 0) is 31.6 Å². The third kappa shape index (κ3) is 4.88. The van der Waals surface area contributed by atoms with Crippen LogP contribution in [0.1, 0.15) is 49.8 Å². The Bertz CT molecular complexity index is 369.